The minimum atomic E-state index is -3.54. The molecule has 0 atom stereocenters. The van der Waals surface area contributed by atoms with Crippen molar-refractivity contribution in [3.63, 3.8) is 0 Å². The van der Waals surface area contributed by atoms with Crippen LogP contribution in [0.4, 0.5) is 5.69 Å². The van der Waals surface area contributed by atoms with E-state index in [1.54, 1.807) is 48.0 Å². The molecular weight excluding hydrogens is 455 g/mol. The van der Waals surface area contributed by atoms with E-state index < -0.39 is 9.84 Å². The molecule has 0 fully saturated rings. The van der Waals surface area contributed by atoms with Gasteiger partial charge in [0.1, 0.15) is 11.6 Å². The molecule has 1 N–H and O–H groups in total. The highest BCUT2D eigenvalue weighted by molar-refractivity contribution is 7.99. The van der Waals surface area contributed by atoms with Crippen LogP contribution in [0.3, 0.4) is 0 Å². The number of hydrogen-bond acceptors (Lipinski definition) is 6. The fourth-order valence-corrected chi connectivity index (χ4v) is 5.02. The Kier molecular flexibility index (Phi) is 6.84. The number of nitrogens with zero attached hydrogens (tertiary/aromatic N) is 3. The van der Waals surface area contributed by atoms with Crippen LogP contribution in [-0.4, -0.2) is 34.8 Å². The van der Waals surface area contributed by atoms with Crippen molar-refractivity contribution in [2.24, 2.45) is 7.05 Å². The molecule has 2 aromatic carbocycles. The molecule has 0 radical (unpaired) electrons. The van der Waals surface area contributed by atoms with Gasteiger partial charge in [0.25, 0.3) is 0 Å². The van der Waals surface area contributed by atoms with Gasteiger partial charge in [-0.25, -0.2) is 8.42 Å². The lowest BCUT2D eigenvalue weighted by molar-refractivity contribution is -0.113. The highest BCUT2D eigenvalue weighted by Crippen LogP contribution is 2.23. The zero-order chi connectivity index (χ0) is 21.0. The number of thioether (sulfide) groups is 1. The second kappa shape index (κ2) is 9.17. The molecule has 0 aliphatic rings. The molecule has 1 aromatic heterocycles. The molecule has 1 amide bonds. The van der Waals surface area contributed by atoms with Crippen LogP contribution in [0, 0.1) is 0 Å². The molecule has 0 saturated heterocycles. The fraction of sp³-hybridized carbons (Fsp3) is 0.167. The molecule has 152 valence electrons. The van der Waals surface area contributed by atoms with Gasteiger partial charge in [0.15, 0.2) is 15.0 Å². The molecule has 0 aliphatic heterocycles. The minimum absolute atomic E-state index is 0.0571. The number of amides is 1. The Hall–Kier alpha value is -2.07. The number of nitrogens with one attached hydrogen (secondary N) is 1. The van der Waals surface area contributed by atoms with Crippen molar-refractivity contribution in [3.8, 4) is 0 Å². The van der Waals surface area contributed by atoms with Gasteiger partial charge < -0.3 is 9.88 Å². The van der Waals surface area contributed by atoms with E-state index in [0.717, 1.165) is 11.8 Å². The lowest BCUT2D eigenvalue weighted by atomic mass is 10.3. The number of carbonyl (C=O) groups excluding carboxylic acids is 1. The van der Waals surface area contributed by atoms with Crippen LogP contribution in [0.2, 0.25) is 10.0 Å². The molecule has 0 spiro atoms. The molecule has 0 unspecified atom stereocenters. The zero-order valence-electron chi connectivity index (χ0n) is 15.2. The highest BCUT2D eigenvalue weighted by Gasteiger charge is 2.20. The van der Waals surface area contributed by atoms with Gasteiger partial charge >= 0.3 is 0 Å². The Morgan fingerprint density at radius 1 is 1.10 bits per heavy atom. The number of hydrogen-bond donors (Lipinski definition) is 1. The molecule has 3 rings (SSSR count). The first-order valence-corrected chi connectivity index (χ1v) is 11.7. The van der Waals surface area contributed by atoms with Crippen LogP contribution in [0.25, 0.3) is 0 Å². The first-order chi connectivity index (χ1) is 13.7. The third kappa shape index (κ3) is 5.72. The van der Waals surface area contributed by atoms with E-state index in [9.17, 15) is 13.2 Å². The van der Waals surface area contributed by atoms with E-state index in [0.29, 0.717) is 26.7 Å². The maximum atomic E-state index is 12.5. The largest absolute Gasteiger partial charge is 0.325 e. The summed E-state index contributed by atoms with van der Waals surface area (Å²) >= 11 is 13.0. The monoisotopic (exact) mass is 470 g/mol. The van der Waals surface area contributed by atoms with E-state index in [-0.39, 0.29) is 22.3 Å². The third-order valence-corrected chi connectivity index (χ3v) is 6.91. The predicted molar refractivity (Wildman–Crippen MR) is 114 cm³/mol. The lowest BCUT2D eigenvalue weighted by Crippen LogP contribution is -2.14. The molecule has 0 saturated carbocycles. The standard InChI is InChI=1S/C18H16Cl2N4O3S2/c1-24-16(11-29(26,27)15-5-3-2-4-6-15)22-23-18(24)28-10-17(25)21-14-8-12(19)7-13(20)9-14/h2-9H,10-11H2,1H3,(H,21,25). The summed E-state index contributed by atoms with van der Waals surface area (Å²) in [6, 6.07) is 12.9. The Morgan fingerprint density at radius 3 is 2.41 bits per heavy atom. The highest BCUT2D eigenvalue weighted by atomic mass is 35.5. The van der Waals surface area contributed by atoms with Crippen molar-refractivity contribution < 1.29 is 13.2 Å². The Balaban J connectivity index is 1.63. The summed E-state index contributed by atoms with van der Waals surface area (Å²) in [5.41, 5.74) is 0.487. The number of anilines is 1. The molecule has 29 heavy (non-hydrogen) atoms. The SMILES string of the molecule is Cn1c(CS(=O)(=O)c2ccccc2)nnc1SCC(=O)Nc1cc(Cl)cc(Cl)c1. The van der Waals surface area contributed by atoms with E-state index in [4.69, 9.17) is 23.2 Å². The first kappa shape index (κ1) is 21.6. The van der Waals surface area contributed by atoms with Crippen LogP contribution >= 0.6 is 35.0 Å². The van der Waals surface area contributed by atoms with Gasteiger partial charge in [0, 0.05) is 22.8 Å². The van der Waals surface area contributed by atoms with Crippen molar-refractivity contribution in [3.05, 3.63) is 64.4 Å². The lowest BCUT2D eigenvalue weighted by Gasteiger charge is -2.07. The van der Waals surface area contributed by atoms with Crippen LogP contribution < -0.4 is 5.32 Å². The van der Waals surface area contributed by atoms with Crippen LogP contribution in [0.1, 0.15) is 5.82 Å². The molecule has 7 nitrogen and oxygen atoms in total. The first-order valence-electron chi connectivity index (χ1n) is 8.29. The van der Waals surface area contributed by atoms with Gasteiger partial charge in [0.2, 0.25) is 5.91 Å². The second-order valence-electron chi connectivity index (χ2n) is 6.02. The van der Waals surface area contributed by atoms with Gasteiger partial charge in [-0.2, -0.15) is 0 Å². The maximum Gasteiger partial charge on any atom is 0.234 e. The number of benzene rings is 2. The van der Waals surface area contributed by atoms with Crippen molar-refractivity contribution in [2.45, 2.75) is 15.8 Å². The summed E-state index contributed by atoms with van der Waals surface area (Å²) in [5.74, 6) is -0.219. The summed E-state index contributed by atoms with van der Waals surface area (Å²) in [7, 11) is -1.88. The maximum absolute atomic E-state index is 12.5. The quantitative estimate of drug-likeness (QED) is 0.527. The van der Waals surface area contributed by atoms with Gasteiger partial charge in [-0.1, -0.05) is 53.2 Å². The zero-order valence-corrected chi connectivity index (χ0v) is 18.3. The smallest absolute Gasteiger partial charge is 0.234 e. The number of halogens is 2. The number of sulfone groups is 1. The summed E-state index contributed by atoms with van der Waals surface area (Å²) in [5, 5.41) is 11.9. The van der Waals surface area contributed by atoms with E-state index in [2.05, 4.69) is 15.5 Å². The Labute approximate surface area is 182 Å². The Bertz CT molecular complexity index is 1120. The summed E-state index contributed by atoms with van der Waals surface area (Å²) < 4.78 is 26.6. The van der Waals surface area contributed by atoms with Crippen molar-refractivity contribution >= 4 is 56.4 Å². The van der Waals surface area contributed by atoms with Gasteiger partial charge in [0.05, 0.1) is 10.6 Å². The van der Waals surface area contributed by atoms with Crippen LogP contribution in [0.15, 0.2) is 58.6 Å². The van der Waals surface area contributed by atoms with Crippen molar-refractivity contribution in [1.82, 2.24) is 14.8 Å². The third-order valence-electron chi connectivity index (χ3n) is 3.83. The summed E-state index contributed by atoms with van der Waals surface area (Å²) in [6.07, 6.45) is 0. The van der Waals surface area contributed by atoms with Crippen molar-refractivity contribution in [2.75, 3.05) is 11.1 Å². The number of rotatable bonds is 7. The van der Waals surface area contributed by atoms with E-state index in [1.165, 1.54) is 12.1 Å². The number of aromatic nitrogens is 3. The molecule has 11 heteroatoms. The van der Waals surface area contributed by atoms with Crippen LogP contribution in [0.5, 0.6) is 0 Å². The molecule has 0 bridgehead atoms. The second-order valence-corrected chi connectivity index (χ2v) is 9.83. The predicted octanol–water partition coefficient (Wildman–Crippen LogP) is 3.83. The normalized spacial score (nSPS) is 11.4. The van der Waals surface area contributed by atoms with E-state index in [1.807, 2.05) is 0 Å². The fourth-order valence-electron chi connectivity index (χ4n) is 2.43. The topological polar surface area (TPSA) is 93.9 Å². The van der Waals surface area contributed by atoms with Crippen molar-refractivity contribution in [1.29, 1.82) is 0 Å². The summed E-state index contributed by atoms with van der Waals surface area (Å²) in [4.78, 5) is 12.4. The molecule has 0 aliphatic carbocycles. The molecule has 1 heterocycles. The number of carbonyl (C=O) groups is 1. The average molecular weight is 471 g/mol. The van der Waals surface area contributed by atoms with Crippen LogP contribution in [-0.2, 0) is 27.4 Å². The summed E-state index contributed by atoms with van der Waals surface area (Å²) in [6.45, 7) is 0. The van der Waals surface area contributed by atoms with Gasteiger partial charge in [-0.15, -0.1) is 10.2 Å². The Morgan fingerprint density at radius 2 is 1.76 bits per heavy atom. The average Bonchev–Trinajstić information content (AvgIpc) is 2.99. The van der Waals surface area contributed by atoms with Gasteiger partial charge in [-0.3, -0.25) is 4.79 Å². The minimum Gasteiger partial charge on any atom is -0.325 e. The van der Waals surface area contributed by atoms with Gasteiger partial charge in [-0.05, 0) is 30.3 Å². The molecular formula is C18H16Cl2N4O3S2. The van der Waals surface area contributed by atoms with E-state index >= 15 is 0 Å². The molecule has 3 aromatic rings.